The van der Waals surface area contributed by atoms with Crippen molar-refractivity contribution >= 4 is 11.8 Å². The van der Waals surface area contributed by atoms with Crippen molar-refractivity contribution in [3.63, 3.8) is 0 Å². The molecule has 1 aromatic heterocycles. The van der Waals surface area contributed by atoms with E-state index >= 15 is 0 Å². The Morgan fingerprint density at radius 2 is 1.89 bits per heavy atom. The molecule has 2 amide bonds. The molecule has 1 aliphatic rings. The van der Waals surface area contributed by atoms with Gasteiger partial charge < -0.3 is 10.2 Å². The van der Waals surface area contributed by atoms with Gasteiger partial charge in [-0.15, -0.1) is 0 Å². The van der Waals surface area contributed by atoms with Crippen molar-refractivity contribution < 1.29 is 14.0 Å². The third-order valence-electron chi connectivity index (χ3n) is 5.22. The fourth-order valence-electron chi connectivity index (χ4n) is 3.48. The topological polar surface area (TPSA) is 62.3 Å². The Kier molecular flexibility index (Phi) is 5.84. The molecule has 0 bridgehead atoms. The SMILES string of the molecule is CC(=O)N(C)[C@H]1CC[C@H](NC(=O)c2ccc(-c3cccc(F)c3)nc2)CC1. The first-order valence-corrected chi connectivity index (χ1v) is 9.20. The molecule has 142 valence electrons. The number of nitrogens with one attached hydrogen (secondary N) is 1. The molecule has 6 heteroatoms. The minimum Gasteiger partial charge on any atom is -0.349 e. The third kappa shape index (κ3) is 4.70. The summed E-state index contributed by atoms with van der Waals surface area (Å²) in [6.45, 7) is 1.58. The molecule has 2 aromatic rings. The maximum absolute atomic E-state index is 13.3. The van der Waals surface area contributed by atoms with Crippen LogP contribution in [0.15, 0.2) is 42.6 Å². The van der Waals surface area contributed by atoms with E-state index in [9.17, 15) is 14.0 Å². The van der Waals surface area contributed by atoms with Crippen LogP contribution in [-0.2, 0) is 4.79 Å². The lowest BCUT2D eigenvalue weighted by Gasteiger charge is -2.34. The number of nitrogens with zero attached hydrogens (tertiary/aromatic N) is 2. The van der Waals surface area contributed by atoms with Gasteiger partial charge in [0, 0.05) is 37.8 Å². The van der Waals surface area contributed by atoms with E-state index < -0.39 is 0 Å². The van der Waals surface area contributed by atoms with Gasteiger partial charge in [-0.05, 0) is 49.9 Å². The molecule has 0 saturated heterocycles. The standard InChI is InChI=1S/C21H24FN3O2/c1-14(26)25(2)19-9-7-18(8-10-19)24-21(27)16-6-11-20(23-13-16)15-4-3-5-17(22)12-15/h3-6,11-13,18-19H,7-10H2,1-2H3,(H,24,27)/t18-,19-. The van der Waals surface area contributed by atoms with Gasteiger partial charge in [0.25, 0.3) is 5.91 Å². The van der Waals surface area contributed by atoms with Gasteiger partial charge in [-0.2, -0.15) is 0 Å². The number of hydrogen-bond donors (Lipinski definition) is 1. The number of pyridine rings is 1. The first-order valence-electron chi connectivity index (χ1n) is 9.20. The smallest absolute Gasteiger partial charge is 0.253 e. The van der Waals surface area contributed by atoms with E-state index in [1.807, 2.05) is 7.05 Å². The molecule has 1 heterocycles. The van der Waals surface area contributed by atoms with Crippen LogP contribution in [0.1, 0.15) is 43.0 Å². The van der Waals surface area contributed by atoms with Gasteiger partial charge in [0.05, 0.1) is 11.3 Å². The fourth-order valence-corrected chi connectivity index (χ4v) is 3.48. The van der Waals surface area contributed by atoms with E-state index in [-0.39, 0.29) is 29.7 Å². The zero-order valence-corrected chi connectivity index (χ0v) is 15.6. The van der Waals surface area contributed by atoms with E-state index in [4.69, 9.17) is 0 Å². The Bertz CT molecular complexity index is 814. The second kappa shape index (κ2) is 8.29. The molecule has 1 saturated carbocycles. The maximum atomic E-state index is 13.3. The Hall–Kier alpha value is -2.76. The fraction of sp³-hybridized carbons (Fsp3) is 0.381. The van der Waals surface area contributed by atoms with Crippen LogP contribution in [0.5, 0.6) is 0 Å². The molecule has 0 aliphatic heterocycles. The maximum Gasteiger partial charge on any atom is 0.253 e. The predicted molar refractivity (Wildman–Crippen MR) is 102 cm³/mol. The second-order valence-corrected chi connectivity index (χ2v) is 7.05. The van der Waals surface area contributed by atoms with Gasteiger partial charge in [-0.25, -0.2) is 4.39 Å². The summed E-state index contributed by atoms with van der Waals surface area (Å²) in [7, 11) is 1.83. The normalized spacial score (nSPS) is 19.4. The number of carbonyl (C=O) groups is 2. The van der Waals surface area contributed by atoms with Crippen LogP contribution in [0.3, 0.4) is 0 Å². The molecule has 0 unspecified atom stereocenters. The van der Waals surface area contributed by atoms with Gasteiger partial charge >= 0.3 is 0 Å². The third-order valence-corrected chi connectivity index (χ3v) is 5.22. The van der Waals surface area contributed by atoms with E-state index in [1.165, 1.54) is 18.3 Å². The van der Waals surface area contributed by atoms with Gasteiger partial charge in [-0.1, -0.05) is 12.1 Å². The Morgan fingerprint density at radius 1 is 1.15 bits per heavy atom. The molecule has 1 aliphatic carbocycles. The highest BCUT2D eigenvalue weighted by Gasteiger charge is 2.26. The molecule has 1 aromatic carbocycles. The molecular weight excluding hydrogens is 345 g/mol. The average molecular weight is 369 g/mol. The highest BCUT2D eigenvalue weighted by Crippen LogP contribution is 2.23. The molecule has 0 spiro atoms. The summed E-state index contributed by atoms with van der Waals surface area (Å²) < 4.78 is 13.3. The zero-order chi connectivity index (χ0) is 19.4. The minimum absolute atomic E-state index is 0.0759. The Balaban J connectivity index is 1.57. The van der Waals surface area contributed by atoms with E-state index in [1.54, 1.807) is 36.1 Å². The van der Waals surface area contributed by atoms with Crippen LogP contribution in [0.2, 0.25) is 0 Å². The summed E-state index contributed by atoms with van der Waals surface area (Å²) in [6, 6.07) is 10.0. The van der Waals surface area contributed by atoms with Crippen molar-refractivity contribution in [2.75, 3.05) is 7.05 Å². The van der Waals surface area contributed by atoms with Gasteiger partial charge in [0.2, 0.25) is 5.91 Å². The number of halogens is 1. The first kappa shape index (κ1) is 19.0. The second-order valence-electron chi connectivity index (χ2n) is 7.05. The Morgan fingerprint density at radius 3 is 2.48 bits per heavy atom. The van der Waals surface area contributed by atoms with Crippen molar-refractivity contribution in [2.24, 2.45) is 0 Å². The lowest BCUT2D eigenvalue weighted by Crippen LogP contribution is -2.44. The summed E-state index contributed by atoms with van der Waals surface area (Å²) >= 11 is 0. The Labute approximate surface area is 158 Å². The van der Waals surface area contributed by atoms with E-state index in [2.05, 4.69) is 10.3 Å². The number of aromatic nitrogens is 1. The van der Waals surface area contributed by atoms with Crippen molar-refractivity contribution in [2.45, 2.75) is 44.7 Å². The van der Waals surface area contributed by atoms with Crippen molar-refractivity contribution in [1.82, 2.24) is 15.2 Å². The highest BCUT2D eigenvalue weighted by molar-refractivity contribution is 5.94. The number of hydrogen-bond acceptors (Lipinski definition) is 3. The monoisotopic (exact) mass is 369 g/mol. The first-order chi connectivity index (χ1) is 12.9. The summed E-state index contributed by atoms with van der Waals surface area (Å²) in [5, 5.41) is 3.05. The summed E-state index contributed by atoms with van der Waals surface area (Å²) in [4.78, 5) is 30.0. The molecule has 0 radical (unpaired) electrons. The number of carbonyl (C=O) groups excluding carboxylic acids is 2. The lowest BCUT2D eigenvalue weighted by molar-refractivity contribution is -0.130. The largest absolute Gasteiger partial charge is 0.349 e. The number of amides is 2. The highest BCUT2D eigenvalue weighted by atomic mass is 19.1. The molecular formula is C21H24FN3O2. The summed E-state index contributed by atoms with van der Waals surface area (Å²) in [5.74, 6) is -0.397. The molecule has 3 rings (SSSR count). The van der Waals surface area contributed by atoms with E-state index in [0.29, 0.717) is 16.8 Å². The van der Waals surface area contributed by atoms with Crippen LogP contribution in [0.4, 0.5) is 4.39 Å². The van der Waals surface area contributed by atoms with Crippen LogP contribution in [-0.4, -0.2) is 40.8 Å². The number of rotatable bonds is 4. The van der Waals surface area contributed by atoms with Crippen LogP contribution in [0.25, 0.3) is 11.3 Å². The van der Waals surface area contributed by atoms with Crippen LogP contribution < -0.4 is 5.32 Å². The summed E-state index contributed by atoms with van der Waals surface area (Å²) in [5.41, 5.74) is 1.78. The van der Waals surface area contributed by atoms with Gasteiger partial charge in [0.15, 0.2) is 0 Å². The number of benzene rings is 1. The molecule has 0 atom stereocenters. The lowest BCUT2D eigenvalue weighted by atomic mass is 9.90. The summed E-state index contributed by atoms with van der Waals surface area (Å²) in [6.07, 6.45) is 4.99. The van der Waals surface area contributed by atoms with Gasteiger partial charge in [-0.3, -0.25) is 14.6 Å². The van der Waals surface area contributed by atoms with Crippen molar-refractivity contribution in [3.8, 4) is 11.3 Å². The van der Waals surface area contributed by atoms with Crippen molar-refractivity contribution in [3.05, 3.63) is 54.0 Å². The molecule has 1 fully saturated rings. The minimum atomic E-state index is -0.317. The quantitative estimate of drug-likeness (QED) is 0.898. The predicted octanol–water partition coefficient (Wildman–Crippen LogP) is 3.41. The molecule has 27 heavy (non-hydrogen) atoms. The zero-order valence-electron chi connectivity index (χ0n) is 15.6. The molecule has 5 nitrogen and oxygen atoms in total. The van der Waals surface area contributed by atoms with Crippen molar-refractivity contribution in [1.29, 1.82) is 0 Å². The van der Waals surface area contributed by atoms with Crippen LogP contribution >= 0.6 is 0 Å². The van der Waals surface area contributed by atoms with Gasteiger partial charge in [0.1, 0.15) is 5.82 Å². The average Bonchev–Trinajstić information content (AvgIpc) is 2.68. The van der Waals surface area contributed by atoms with Crippen LogP contribution in [0, 0.1) is 5.82 Å². The molecule has 1 N–H and O–H groups in total. The van der Waals surface area contributed by atoms with E-state index in [0.717, 1.165) is 25.7 Å².